The Balaban J connectivity index is 1.18. The van der Waals surface area contributed by atoms with Crippen LogP contribution in [0.15, 0.2) is 48.5 Å². The Morgan fingerprint density at radius 2 is 1.84 bits per heavy atom. The molecule has 3 heterocycles. The maximum atomic E-state index is 13.9. The molecular formula is C30H35N5O2S. The van der Waals surface area contributed by atoms with Gasteiger partial charge in [-0.2, -0.15) is 0 Å². The number of fused-ring (bicyclic) bond motifs is 1. The smallest absolute Gasteiger partial charge is 0.274 e. The van der Waals surface area contributed by atoms with Gasteiger partial charge in [0.05, 0.1) is 21.5 Å². The van der Waals surface area contributed by atoms with E-state index in [1.54, 1.807) is 11.3 Å². The highest BCUT2D eigenvalue weighted by molar-refractivity contribution is 7.15. The first-order valence-electron chi connectivity index (χ1n) is 13.5. The summed E-state index contributed by atoms with van der Waals surface area (Å²) >= 11 is 1.57. The van der Waals surface area contributed by atoms with Gasteiger partial charge in [0.2, 0.25) is 0 Å². The molecule has 1 aromatic heterocycles. The van der Waals surface area contributed by atoms with Crippen LogP contribution in [0.4, 0.5) is 5.69 Å². The number of piperazine rings is 1. The van der Waals surface area contributed by atoms with Crippen molar-refractivity contribution in [2.75, 3.05) is 51.2 Å². The molecule has 0 unspecified atom stereocenters. The van der Waals surface area contributed by atoms with Crippen LogP contribution >= 0.6 is 11.3 Å². The fourth-order valence-electron chi connectivity index (χ4n) is 6.04. The van der Waals surface area contributed by atoms with Gasteiger partial charge in [-0.3, -0.25) is 9.59 Å². The largest absolute Gasteiger partial charge is 0.368 e. The molecule has 2 saturated heterocycles. The molecule has 0 bridgehead atoms. The number of likely N-dealkylation sites (N-methyl/N-ethyl adjacent to an activating group) is 1. The third-order valence-corrected chi connectivity index (χ3v) is 9.27. The zero-order chi connectivity index (χ0) is 26.4. The summed E-state index contributed by atoms with van der Waals surface area (Å²) in [4.78, 5) is 39.5. The van der Waals surface area contributed by atoms with E-state index in [1.807, 2.05) is 48.2 Å². The van der Waals surface area contributed by atoms with Crippen LogP contribution in [0.5, 0.6) is 0 Å². The maximum absolute atomic E-state index is 13.9. The number of piperidine rings is 1. The molecule has 38 heavy (non-hydrogen) atoms. The van der Waals surface area contributed by atoms with Crippen molar-refractivity contribution in [3.8, 4) is 10.4 Å². The summed E-state index contributed by atoms with van der Waals surface area (Å²) in [5, 5.41) is 4.08. The van der Waals surface area contributed by atoms with Crippen LogP contribution < -0.4 is 10.2 Å². The Morgan fingerprint density at radius 3 is 2.63 bits per heavy atom. The van der Waals surface area contributed by atoms with E-state index in [0.717, 1.165) is 65.8 Å². The molecule has 8 heteroatoms. The fourth-order valence-corrected chi connectivity index (χ4v) is 6.94. The number of carbonyl (C=O) groups excluding carboxylic acids is 2. The number of hydrogen-bond acceptors (Lipinski definition) is 6. The van der Waals surface area contributed by atoms with Gasteiger partial charge in [-0.05, 0) is 56.8 Å². The van der Waals surface area contributed by atoms with E-state index in [1.165, 1.54) is 0 Å². The number of thiazole rings is 1. The molecule has 0 radical (unpaired) electrons. The quantitative estimate of drug-likeness (QED) is 0.522. The van der Waals surface area contributed by atoms with Crippen LogP contribution in [0, 0.1) is 25.7 Å². The summed E-state index contributed by atoms with van der Waals surface area (Å²) in [6.45, 7) is 9.01. The Bertz CT molecular complexity index is 1360. The first-order valence-corrected chi connectivity index (χ1v) is 14.4. The lowest BCUT2D eigenvalue weighted by molar-refractivity contribution is 0.0690. The van der Waals surface area contributed by atoms with E-state index < -0.39 is 0 Å². The van der Waals surface area contributed by atoms with Crippen molar-refractivity contribution in [1.82, 2.24) is 20.1 Å². The number of para-hydroxylation sites is 1. The molecule has 1 N–H and O–H groups in total. The van der Waals surface area contributed by atoms with E-state index >= 15 is 0 Å². The molecule has 3 aliphatic rings. The van der Waals surface area contributed by atoms with E-state index in [2.05, 4.69) is 46.2 Å². The average Bonchev–Trinajstić information content (AvgIpc) is 3.43. The molecular weight excluding hydrogens is 494 g/mol. The summed E-state index contributed by atoms with van der Waals surface area (Å²) < 4.78 is 0. The molecule has 3 atom stereocenters. The van der Waals surface area contributed by atoms with Crippen LogP contribution in [0.25, 0.3) is 10.4 Å². The Labute approximate surface area is 228 Å². The monoisotopic (exact) mass is 529 g/mol. The highest BCUT2D eigenvalue weighted by Gasteiger charge is 2.54. The van der Waals surface area contributed by atoms with Crippen LogP contribution in [0.2, 0.25) is 0 Å². The van der Waals surface area contributed by atoms with Crippen molar-refractivity contribution in [3.05, 3.63) is 70.4 Å². The minimum absolute atomic E-state index is 0.000357. The molecule has 7 nitrogen and oxygen atoms in total. The topological polar surface area (TPSA) is 68.8 Å². The molecule has 6 rings (SSSR count). The van der Waals surface area contributed by atoms with Gasteiger partial charge >= 0.3 is 0 Å². The number of benzene rings is 2. The average molecular weight is 530 g/mol. The van der Waals surface area contributed by atoms with Gasteiger partial charge in [-0.1, -0.05) is 42.0 Å². The van der Waals surface area contributed by atoms with Crippen molar-refractivity contribution in [1.29, 1.82) is 0 Å². The highest BCUT2D eigenvalue weighted by atomic mass is 32.1. The number of nitrogens with zero attached hydrogens (tertiary/aromatic N) is 4. The highest BCUT2D eigenvalue weighted by Crippen LogP contribution is 2.50. The number of hydrogen-bond donors (Lipinski definition) is 1. The number of rotatable bonds is 6. The van der Waals surface area contributed by atoms with Crippen molar-refractivity contribution in [2.45, 2.75) is 26.3 Å². The minimum Gasteiger partial charge on any atom is -0.368 e. The lowest BCUT2D eigenvalue weighted by Crippen LogP contribution is -2.47. The maximum Gasteiger partial charge on any atom is 0.274 e. The Kier molecular flexibility index (Phi) is 6.70. The van der Waals surface area contributed by atoms with Gasteiger partial charge < -0.3 is 20.0 Å². The first kappa shape index (κ1) is 25.1. The molecule has 1 aliphatic carbocycles. The van der Waals surface area contributed by atoms with E-state index in [-0.39, 0.29) is 17.9 Å². The molecule has 3 fully saturated rings. The SMILES string of the molecule is Cc1cccc(-c2sc(C)nc2C(=O)N2C[C@H]3C[C@H]3[C@H]2CNC(=O)c2ccccc2N2CCN(C)CC2)c1. The minimum atomic E-state index is -0.0685. The van der Waals surface area contributed by atoms with Crippen molar-refractivity contribution in [3.63, 3.8) is 0 Å². The number of anilines is 1. The van der Waals surface area contributed by atoms with Crippen molar-refractivity contribution in [2.24, 2.45) is 11.8 Å². The Hall–Kier alpha value is -3.23. The summed E-state index contributed by atoms with van der Waals surface area (Å²) in [7, 11) is 2.13. The van der Waals surface area contributed by atoms with Gasteiger partial charge in [0.15, 0.2) is 0 Å². The molecule has 2 aliphatic heterocycles. The molecule has 1 saturated carbocycles. The third-order valence-electron chi connectivity index (χ3n) is 8.25. The predicted octanol–water partition coefficient (Wildman–Crippen LogP) is 4.07. The fraction of sp³-hybridized carbons (Fsp3) is 0.433. The number of likely N-dealkylation sites (tertiary alicyclic amines) is 1. The summed E-state index contributed by atoms with van der Waals surface area (Å²) in [5.41, 5.74) is 4.43. The van der Waals surface area contributed by atoms with E-state index in [9.17, 15) is 9.59 Å². The summed E-state index contributed by atoms with van der Waals surface area (Å²) in [5.74, 6) is 0.894. The lowest BCUT2D eigenvalue weighted by atomic mass is 10.1. The van der Waals surface area contributed by atoms with Gasteiger partial charge in [-0.15, -0.1) is 11.3 Å². The van der Waals surface area contributed by atoms with Crippen LogP contribution in [0.1, 0.15) is 37.8 Å². The molecule has 2 amide bonds. The second kappa shape index (κ2) is 10.2. The standard InChI is InChI=1S/C30H35N5O2S/c1-19-7-6-8-21(15-19)28-27(32-20(2)38-28)30(37)35-18-22-16-24(22)26(35)17-31-29(36)23-9-4-5-10-25(23)34-13-11-33(3)12-14-34/h4-10,15,22,24,26H,11-14,16-18H2,1-3H3,(H,31,36)/t22-,24-,26-/m1/s1. The molecule has 198 valence electrons. The lowest BCUT2D eigenvalue weighted by Gasteiger charge is -2.35. The zero-order valence-electron chi connectivity index (χ0n) is 22.3. The summed E-state index contributed by atoms with van der Waals surface area (Å²) in [6.07, 6.45) is 1.13. The van der Waals surface area contributed by atoms with Crippen LogP contribution in [-0.2, 0) is 0 Å². The molecule has 3 aromatic rings. The van der Waals surface area contributed by atoms with Crippen LogP contribution in [0.3, 0.4) is 0 Å². The van der Waals surface area contributed by atoms with Crippen molar-refractivity contribution >= 4 is 28.8 Å². The van der Waals surface area contributed by atoms with E-state index in [4.69, 9.17) is 0 Å². The van der Waals surface area contributed by atoms with E-state index in [0.29, 0.717) is 29.6 Å². The number of aryl methyl sites for hydroxylation is 2. The first-order chi connectivity index (χ1) is 18.4. The molecule has 2 aromatic carbocycles. The Morgan fingerprint density at radius 1 is 1.05 bits per heavy atom. The third kappa shape index (κ3) is 4.83. The van der Waals surface area contributed by atoms with Gasteiger partial charge in [0.25, 0.3) is 11.8 Å². The van der Waals surface area contributed by atoms with Gasteiger partial charge in [-0.25, -0.2) is 4.98 Å². The second-order valence-corrected chi connectivity index (χ2v) is 12.2. The number of aromatic nitrogens is 1. The molecule has 0 spiro atoms. The second-order valence-electron chi connectivity index (χ2n) is 11.0. The normalized spacial score (nSPS) is 22.9. The zero-order valence-corrected chi connectivity index (χ0v) is 23.1. The number of amides is 2. The van der Waals surface area contributed by atoms with Crippen molar-refractivity contribution < 1.29 is 9.59 Å². The predicted molar refractivity (Wildman–Crippen MR) is 152 cm³/mol. The van der Waals surface area contributed by atoms with Gasteiger partial charge in [0.1, 0.15) is 5.69 Å². The van der Waals surface area contributed by atoms with Gasteiger partial charge in [0, 0.05) is 45.0 Å². The van der Waals surface area contributed by atoms with Crippen LogP contribution in [-0.4, -0.2) is 79.0 Å². The number of nitrogens with one attached hydrogen (secondary N) is 1. The summed E-state index contributed by atoms with van der Waals surface area (Å²) in [6, 6.07) is 16.1. The number of carbonyl (C=O) groups is 2.